The van der Waals surface area contributed by atoms with Crippen LogP contribution in [0.3, 0.4) is 0 Å². The van der Waals surface area contributed by atoms with Gasteiger partial charge in [-0.25, -0.2) is 0 Å². The van der Waals surface area contributed by atoms with E-state index in [0.29, 0.717) is 6.54 Å². The molecule has 1 aromatic rings. The lowest BCUT2D eigenvalue weighted by molar-refractivity contribution is 0.00321. The van der Waals surface area contributed by atoms with E-state index in [2.05, 4.69) is 0 Å². The lowest BCUT2D eigenvalue weighted by atomic mass is 10.1. The summed E-state index contributed by atoms with van der Waals surface area (Å²) >= 11 is 0. The first kappa shape index (κ1) is 12.2. The van der Waals surface area contributed by atoms with Gasteiger partial charge in [0.05, 0.1) is 19.2 Å². The van der Waals surface area contributed by atoms with Gasteiger partial charge in [-0.15, -0.1) is 0 Å². The third-order valence-electron chi connectivity index (χ3n) is 2.73. The summed E-state index contributed by atoms with van der Waals surface area (Å²) in [4.78, 5) is 13.5. The van der Waals surface area contributed by atoms with Crippen molar-refractivity contribution in [2.24, 2.45) is 0 Å². The maximum absolute atomic E-state index is 12.1. The molecule has 2 rings (SSSR count). The molecule has 0 radical (unpaired) electrons. The molecule has 18 heavy (non-hydrogen) atoms. The van der Waals surface area contributed by atoms with Gasteiger partial charge in [-0.2, -0.15) is 5.26 Å². The second-order valence-corrected chi connectivity index (χ2v) is 3.91. The highest BCUT2D eigenvalue weighted by Crippen LogP contribution is 2.28. The lowest BCUT2D eigenvalue weighted by Gasteiger charge is -2.30. The molecule has 0 spiro atoms. The number of ether oxygens (including phenoxy) is 1. The molecule has 1 amide bonds. The normalized spacial score (nSPS) is 19.3. The molecule has 94 valence electrons. The minimum absolute atomic E-state index is 0.128. The minimum Gasteiger partial charge on any atom is -0.507 e. The Balaban J connectivity index is 2.24. The number of morpholine rings is 1. The molecule has 0 bridgehead atoms. The Hall–Kier alpha value is -2.26. The highest BCUT2D eigenvalue weighted by molar-refractivity contribution is 5.99. The molecule has 6 heteroatoms. The standard InChI is InChI=1S/C12H12N2O4/c13-6-8-7-14(4-5-18-8)12(17)11-9(15)2-1-3-10(11)16/h1-3,8,15-16H,4-5,7H2. The summed E-state index contributed by atoms with van der Waals surface area (Å²) in [5.74, 6) is -1.06. The van der Waals surface area contributed by atoms with E-state index < -0.39 is 12.0 Å². The van der Waals surface area contributed by atoms with Gasteiger partial charge in [-0.3, -0.25) is 4.79 Å². The third kappa shape index (κ3) is 2.21. The van der Waals surface area contributed by atoms with Gasteiger partial charge in [-0.05, 0) is 12.1 Å². The third-order valence-corrected chi connectivity index (χ3v) is 2.73. The van der Waals surface area contributed by atoms with Crippen molar-refractivity contribution in [1.29, 1.82) is 5.26 Å². The second-order valence-electron chi connectivity index (χ2n) is 3.91. The number of carbonyl (C=O) groups is 1. The van der Waals surface area contributed by atoms with Gasteiger partial charge in [0.2, 0.25) is 0 Å². The number of phenolic OH excluding ortho intramolecular Hbond substituents is 2. The van der Waals surface area contributed by atoms with Crippen LogP contribution in [0.4, 0.5) is 0 Å². The van der Waals surface area contributed by atoms with Crippen molar-refractivity contribution < 1.29 is 19.7 Å². The highest BCUT2D eigenvalue weighted by atomic mass is 16.5. The second kappa shape index (κ2) is 4.94. The average Bonchev–Trinajstić information content (AvgIpc) is 2.38. The number of hydrogen-bond donors (Lipinski definition) is 2. The number of phenols is 2. The van der Waals surface area contributed by atoms with Crippen molar-refractivity contribution in [2.75, 3.05) is 19.7 Å². The Bertz CT molecular complexity index is 489. The molecule has 0 saturated carbocycles. The first-order valence-corrected chi connectivity index (χ1v) is 5.45. The molecule has 1 aliphatic rings. The van der Waals surface area contributed by atoms with E-state index >= 15 is 0 Å². The van der Waals surface area contributed by atoms with E-state index in [1.54, 1.807) is 0 Å². The summed E-state index contributed by atoms with van der Waals surface area (Å²) in [6.07, 6.45) is -0.671. The highest BCUT2D eigenvalue weighted by Gasteiger charge is 2.28. The number of nitrogens with zero attached hydrogens (tertiary/aromatic N) is 2. The Morgan fingerprint density at radius 1 is 1.44 bits per heavy atom. The van der Waals surface area contributed by atoms with Crippen LogP contribution in [-0.4, -0.2) is 46.8 Å². The molecule has 1 saturated heterocycles. The fourth-order valence-corrected chi connectivity index (χ4v) is 1.82. The topological polar surface area (TPSA) is 93.8 Å². The van der Waals surface area contributed by atoms with Crippen molar-refractivity contribution >= 4 is 5.91 Å². The van der Waals surface area contributed by atoms with Crippen LogP contribution >= 0.6 is 0 Å². The lowest BCUT2D eigenvalue weighted by Crippen LogP contribution is -2.45. The zero-order valence-electron chi connectivity index (χ0n) is 9.54. The number of rotatable bonds is 1. The Morgan fingerprint density at radius 2 is 2.11 bits per heavy atom. The molecule has 1 aromatic carbocycles. The van der Waals surface area contributed by atoms with Gasteiger partial charge in [0.25, 0.3) is 5.91 Å². The van der Waals surface area contributed by atoms with Gasteiger partial charge < -0.3 is 19.8 Å². The summed E-state index contributed by atoms with van der Waals surface area (Å²) in [6.45, 7) is 0.715. The number of benzene rings is 1. The largest absolute Gasteiger partial charge is 0.507 e. The van der Waals surface area contributed by atoms with Gasteiger partial charge in [0.15, 0.2) is 6.10 Å². The van der Waals surface area contributed by atoms with Crippen molar-refractivity contribution in [3.8, 4) is 17.6 Å². The molecule has 0 aliphatic carbocycles. The fourth-order valence-electron chi connectivity index (χ4n) is 1.82. The van der Waals surface area contributed by atoms with Crippen LogP contribution in [0.2, 0.25) is 0 Å². The quantitative estimate of drug-likeness (QED) is 0.753. The summed E-state index contributed by atoms with van der Waals surface area (Å²) < 4.78 is 5.12. The van der Waals surface area contributed by atoms with E-state index in [4.69, 9.17) is 10.00 Å². The van der Waals surface area contributed by atoms with Gasteiger partial charge >= 0.3 is 0 Å². The summed E-state index contributed by atoms with van der Waals surface area (Å²) in [7, 11) is 0. The number of carbonyl (C=O) groups excluding carboxylic acids is 1. The smallest absolute Gasteiger partial charge is 0.261 e. The van der Waals surface area contributed by atoms with E-state index in [-0.39, 0.29) is 30.2 Å². The van der Waals surface area contributed by atoms with E-state index in [0.717, 1.165) is 0 Å². The van der Waals surface area contributed by atoms with Crippen molar-refractivity contribution in [3.05, 3.63) is 23.8 Å². The summed E-state index contributed by atoms with van der Waals surface area (Å²) in [6, 6.07) is 6.03. The molecule has 1 aliphatic heterocycles. The van der Waals surface area contributed by atoms with E-state index in [1.165, 1.54) is 23.1 Å². The Kier molecular flexibility index (Phi) is 3.35. The summed E-state index contributed by atoms with van der Waals surface area (Å²) in [5, 5.41) is 28.0. The zero-order valence-corrected chi connectivity index (χ0v) is 9.54. The maximum atomic E-state index is 12.1. The molecule has 2 N–H and O–H groups in total. The molecule has 0 aromatic heterocycles. The molecule has 1 fully saturated rings. The predicted octanol–water partition coefficient (Wildman–Crippen LogP) is 0.462. The average molecular weight is 248 g/mol. The first-order valence-electron chi connectivity index (χ1n) is 5.45. The van der Waals surface area contributed by atoms with Crippen LogP contribution in [0.15, 0.2) is 18.2 Å². The van der Waals surface area contributed by atoms with E-state index in [9.17, 15) is 15.0 Å². The Labute approximate surface area is 104 Å². The fraction of sp³-hybridized carbons (Fsp3) is 0.333. The van der Waals surface area contributed by atoms with Crippen LogP contribution < -0.4 is 0 Å². The maximum Gasteiger partial charge on any atom is 0.261 e. The van der Waals surface area contributed by atoms with Gasteiger partial charge in [0, 0.05) is 6.54 Å². The predicted molar refractivity (Wildman–Crippen MR) is 61.0 cm³/mol. The van der Waals surface area contributed by atoms with Crippen molar-refractivity contribution in [1.82, 2.24) is 4.90 Å². The molecular weight excluding hydrogens is 236 g/mol. The van der Waals surface area contributed by atoms with Crippen LogP contribution in [0.5, 0.6) is 11.5 Å². The molecule has 1 unspecified atom stereocenters. The summed E-state index contributed by atoms with van der Waals surface area (Å²) in [5.41, 5.74) is -0.143. The monoisotopic (exact) mass is 248 g/mol. The van der Waals surface area contributed by atoms with Crippen molar-refractivity contribution in [2.45, 2.75) is 6.10 Å². The number of amides is 1. The molecule has 1 heterocycles. The first-order chi connectivity index (χ1) is 8.63. The van der Waals surface area contributed by atoms with Gasteiger partial charge in [-0.1, -0.05) is 6.07 Å². The van der Waals surface area contributed by atoms with Gasteiger partial charge in [0.1, 0.15) is 17.1 Å². The zero-order chi connectivity index (χ0) is 13.1. The number of aromatic hydroxyl groups is 2. The van der Waals surface area contributed by atoms with Crippen LogP contribution in [0, 0.1) is 11.3 Å². The molecule has 1 atom stereocenters. The van der Waals surface area contributed by atoms with E-state index in [1.807, 2.05) is 6.07 Å². The Morgan fingerprint density at radius 3 is 2.72 bits per heavy atom. The van der Waals surface area contributed by atoms with Crippen molar-refractivity contribution in [3.63, 3.8) is 0 Å². The number of hydrogen-bond acceptors (Lipinski definition) is 5. The molecular formula is C12H12N2O4. The SMILES string of the molecule is N#CC1CN(C(=O)c2c(O)cccc2O)CCO1. The number of nitriles is 1. The molecule has 6 nitrogen and oxygen atoms in total. The minimum atomic E-state index is -0.671. The van der Waals surface area contributed by atoms with Crippen LogP contribution in [0.25, 0.3) is 0 Å². The van der Waals surface area contributed by atoms with Crippen LogP contribution in [0.1, 0.15) is 10.4 Å². The van der Waals surface area contributed by atoms with Crippen LogP contribution in [-0.2, 0) is 4.74 Å².